The number of hydrogen-bond acceptors (Lipinski definition) is 11. The molecule has 0 aromatic heterocycles. The smallest absolute Gasteiger partial charge is 0.343 e. The summed E-state index contributed by atoms with van der Waals surface area (Å²) in [5.41, 5.74) is 0.564. The minimum atomic E-state index is -0.629. The minimum absolute atomic E-state index is 0.132. The van der Waals surface area contributed by atoms with Gasteiger partial charge >= 0.3 is 23.9 Å². The highest BCUT2D eigenvalue weighted by molar-refractivity contribution is 5.92. The summed E-state index contributed by atoms with van der Waals surface area (Å²) in [5.74, 6) is -0.654. The van der Waals surface area contributed by atoms with E-state index in [1.165, 1.54) is 25.3 Å². The van der Waals surface area contributed by atoms with Crippen molar-refractivity contribution in [2.75, 3.05) is 33.5 Å². The summed E-state index contributed by atoms with van der Waals surface area (Å²) in [4.78, 5) is 47.4. The third-order valence-corrected chi connectivity index (χ3v) is 5.67. The van der Waals surface area contributed by atoms with Gasteiger partial charge in [0, 0.05) is 31.1 Å². The molecule has 0 amide bonds. The van der Waals surface area contributed by atoms with Crippen molar-refractivity contribution < 1.29 is 52.3 Å². The Hall–Kier alpha value is -5.58. The highest BCUT2D eigenvalue weighted by Gasteiger charge is 2.16. The Kier molecular flexibility index (Phi) is 13.0. The van der Waals surface area contributed by atoms with Crippen LogP contribution in [0.15, 0.2) is 92.0 Å². The first kappa shape index (κ1) is 32.9. The molecule has 0 aliphatic carbocycles. The fraction of sp³-hybridized carbons (Fsp3) is 0.212. The molecule has 0 saturated carbocycles. The molecule has 3 rings (SSSR count). The maximum atomic E-state index is 12.7. The third-order valence-electron chi connectivity index (χ3n) is 5.67. The Morgan fingerprint density at radius 1 is 0.591 bits per heavy atom. The van der Waals surface area contributed by atoms with E-state index < -0.39 is 23.9 Å². The SMILES string of the molecule is C=CC(=O)OCCCOc1ccc(C(=O)Oc2ccc(OC(=O)c3ccc(OCCCOC(=O)C=C)cc3)c(OC)c2)cc1. The summed E-state index contributed by atoms with van der Waals surface area (Å²) >= 11 is 0. The van der Waals surface area contributed by atoms with Crippen molar-refractivity contribution in [2.24, 2.45) is 0 Å². The Morgan fingerprint density at radius 2 is 1.05 bits per heavy atom. The lowest BCUT2D eigenvalue weighted by molar-refractivity contribution is -0.138. The lowest BCUT2D eigenvalue weighted by atomic mass is 10.2. The monoisotopic (exact) mass is 604 g/mol. The fourth-order valence-corrected chi connectivity index (χ4v) is 3.46. The van der Waals surface area contributed by atoms with Crippen molar-refractivity contribution in [1.82, 2.24) is 0 Å². The van der Waals surface area contributed by atoms with Crippen LogP contribution in [0.25, 0.3) is 0 Å². The van der Waals surface area contributed by atoms with Gasteiger partial charge in [0.15, 0.2) is 11.5 Å². The number of benzene rings is 3. The molecule has 3 aromatic carbocycles. The van der Waals surface area contributed by atoms with Gasteiger partial charge in [-0.05, 0) is 60.7 Å². The summed E-state index contributed by atoms with van der Waals surface area (Å²) in [6, 6.07) is 17.1. The van der Waals surface area contributed by atoms with Gasteiger partial charge in [-0.25, -0.2) is 19.2 Å². The predicted octanol–water partition coefficient (Wildman–Crippen LogP) is 5.13. The fourth-order valence-electron chi connectivity index (χ4n) is 3.46. The van der Waals surface area contributed by atoms with Crippen LogP contribution in [0.4, 0.5) is 0 Å². The van der Waals surface area contributed by atoms with Gasteiger partial charge in [0.1, 0.15) is 17.2 Å². The molecule has 0 aliphatic heterocycles. The second kappa shape index (κ2) is 17.4. The van der Waals surface area contributed by atoms with Crippen LogP contribution in [0.1, 0.15) is 33.6 Å². The van der Waals surface area contributed by atoms with E-state index in [4.69, 9.17) is 33.2 Å². The molecule has 0 radical (unpaired) electrons. The van der Waals surface area contributed by atoms with Gasteiger partial charge < -0.3 is 33.2 Å². The van der Waals surface area contributed by atoms with Crippen molar-refractivity contribution in [3.63, 3.8) is 0 Å². The number of methoxy groups -OCH3 is 1. The van der Waals surface area contributed by atoms with Gasteiger partial charge in [0.25, 0.3) is 0 Å². The Morgan fingerprint density at radius 3 is 1.50 bits per heavy atom. The molecule has 11 heteroatoms. The number of esters is 4. The molecule has 0 heterocycles. The average molecular weight is 605 g/mol. The van der Waals surface area contributed by atoms with Crippen LogP contribution in [0, 0.1) is 0 Å². The van der Waals surface area contributed by atoms with E-state index >= 15 is 0 Å². The topological polar surface area (TPSA) is 133 Å². The van der Waals surface area contributed by atoms with Crippen LogP contribution in [-0.4, -0.2) is 57.4 Å². The number of carbonyl (C=O) groups is 4. The maximum Gasteiger partial charge on any atom is 0.343 e. The molecule has 230 valence electrons. The van der Waals surface area contributed by atoms with Crippen molar-refractivity contribution in [3.8, 4) is 28.7 Å². The molecular weight excluding hydrogens is 572 g/mol. The summed E-state index contributed by atoms with van der Waals surface area (Å²) < 4.78 is 37.2. The number of ether oxygens (including phenoxy) is 7. The normalized spacial score (nSPS) is 10.1. The van der Waals surface area contributed by atoms with E-state index in [0.29, 0.717) is 37.6 Å². The molecule has 0 unspecified atom stereocenters. The molecule has 0 bridgehead atoms. The standard InChI is InChI=1S/C33H32O11/c1-4-30(34)41-20-6-18-39-25-12-8-23(9-13-25)32(36)43-27-16-17-28(29(22-27)38-3)44-33(37)24-10-14-26(15-11-24)40-19-7-21-42-31(35)5-2/h4-5,8-17,22H,1-2,6-7,18-21H2,3H3. The van der Waals surface area contributed by atoms with E-state index in [-0.39, 0.29) is 41.6 Å². The first-order valence-electron chi connectivity index (χ1n) is 13.5. The molecule has 44 heavy (non-hydrogen) atoms. The highest BCUT2D eigenvalue weighted by Crippen LogP contribution is 2.32. The third kappa shape index (κ3) is 10.7. The highest BCUT2D eigenvalue weighted by atomic mass is 16.6. The van der Waals surface area contributed by atoms with Crippen molar-refractivity contribution in [3.05, 3.63) is 103 Å². The molecule has 0 N–H and O–H groups in total. The summed E-state index contributed by atoms with van der Waals surface area (Å²) in [6.45, 7) is 7.71. The van der Waals surface area contributed by atoms with E-state index in [9.17, 15) is 19.2 Å². The average Bonchev–Trinajstić information content (AvgIpc) is 3.05. The van der Waals surface area contributed by atoms with E-state index in [1.54, 1.807) is 48.5 Å². The zero-order valence-electron chi connectivity index (χ0n) is 24.2. The molecule has 0 atom stereocenters. The van der Waals surface area contributed by atoms with Crippen molar-refractivity contribution >= 4 is 23.9 Å². The zero-order chi connectivity index (χ0) is 31.7. The molecular formula is C33H32O11. The maximum absolute atomic E-state index is 12.7. The van der Waals surface area contributed by atoms with Crippen LogP contribution in [-0.2, 0) is 19.1 Å². The summed E-state index contributed by atoms with van der Waals surface area (Å²) in [5, 5.41) is 0. The molecule has 11 nitrogen and oxygen atoms in total. The first-order valence-corrected chi connectivity index (χ1v) is 13.5. The first-order chi connectivity index (χ1) is 21.3. The quantitative estimate of drug-likeness (QED) is 0.0879. The molecule has 0 saturated heterocycles. The van der Waals surface area contributed by atoms with Gasteiger partial charge in [-0.2, -0.15) is 0 Å². The van der Waals surface area contributed by atoms with Gasteiger partial charge in [-0.1, -0.05) is 13.2 Å². The summed E-state index contributed by atoms with van der Waals surface area (Å²) in [7, 11) is 1.39. The Bertz CT molecular complexity index is 1440. The van der Waals surface area contributed by atoms with Crippen LogP contribution in [0.3, 0.4) is 0 Å². The number of rotatable bonds is 17. The largest absolute Gasteiger partial charge is 0.493 e. The van der Waals surface area contributed by atoms with E-state index in [0.717, 1.165) is 12.2 Å². The summed E-state index contributed by atoms with van der Waals surface area (Å²) in [6.07, 6.45) is 3.18. The van der Waals surface area contributed by atoms with Crippen LogP contribution in [0.2, 0.25) is 0 Å². The van der Waals surface area contributed by atoms with E-state index in [1.807, 2.05) is 0 Å². The van der Waals surface area contributed by atoms with Gasteiger partial charge in [0.2, 0.25) is 0 Å². The zero-order valence-corrected chi connectivity index (χ0v) is 24.2. The predicted molar refractivity (Wildman–Crippen MR) is 158 cm³/mol. The Labute approximate surface area is 254 Å². The number of carbonyl (C=O) groups excluding carboxylic acids is 4. The molecule has 3 aromatic rings. The molecule has 0 spiro atoms. The van der Waals surface area contributed by atoms with Crippen molar-refractivity contribution in [2.45, 2.75) is 12.8 Å². The van der Waals surface area contributed by atoms with Crippen LogP contribution in [0.5, 0.6) is 28.7 Å². The molecule has 0 fully saturated rings. The lowest BCUT2D eigenvalue weighted by Gasteiger charge is -2.12. The van der Waals surface area contributed by atoms with Crippen molar-refractivity contribution in [1.29, 1.82) is 0 Å². The number of hydrogen-bond donors (Lipinski definition) is 0. The van der Waals surface area contributed by atoms with Gasteiger partial charge in [-0.15, -0.1) is 0 Å². The van der Waals surface area contributed by atoms with Crippen LogP contribution < -0.4 is 23.7 Å². The van der Waals surface area contributed by atoms with E-state index in [2.05, 4.69) is 13.2 Å². The minimum Gasteiger partial charge on any atom is -0.493 e. The van der Waals surface area contributed by atoms with Gasteiger partial charge in [-0.3, -0.25) is 0 Å². The second-order valence-corrected chi connectivity index (χ2v) is 8.79. The lowest BCUT2D eigenvalue weighted by Crippen LogP contribution is -2.11. The Balaban J connectivity index is 1.49. The molecule has 0 aliphatic rings. The second-order valence-electron chi connectivity index (χ2n) is 8.79. The van der Waals surface area contributed by atoms with Crippen LogP contribution >= 0.6 is 0 Å². The van der Waals surface area contributed by atoms with Gasteiger partial charge in [0.05, 0.1) is 44.7 Å².